The van der Waals surface area contributed by atoms with Crippen molar-refractivity contribution in [3.8, 4) is 5.75 Å². The van der Waals surface area contributed by atoms with E-state index in [-0.39, 0.29) is 18.1 Å². The van der Waals surface area contributed by atoms with E-state index in [1.807, 2.05) is 30.3 Å². The van der Waals surface area contributed by atoms with Crippen molar-refractivity contribution in [2.75, 3.05) is 12.4 Å². The number of benzene rings is 2. The Labute approximate surface area is 181 Å². The Morgan fingerprint density at radius 3 is 2.39 bits per heavy atom. The van der Waals surface area contributed by atoms with Gasteiger partial charge in [-0.3, -0.25) is 10.2 Å². The molecule has 1 amide bonds. The molecule has 0 radical (unpaired) electrons. The minimum atomic E-state index is -1.10. The Morgan fingerprint density at radius 2 is 1.81 bits per heavy atom. The van der Waals surface area contributed by atoms with Crippen molar-refractivity contribution in [2.45, 2.75) is 38.8 Å². The van der Waals surface area contributed by atoms with Crippen LogP contribution in [-0.4, -0.2) is 41.8 Å². The molecule has 0 saturated heterocycles. The molecule has 1 atom stereocenters. The number of anilines is 1. The van der Waals surface area contributed by atoms with Crippen LogP contribution in [0.15, 0.2) is 54.6 Å². The lowest BCUT2D eigenvalue weighted by Crippen LogP contribution is -2.49. The summed E-state index contributed by atoms with van der Waals surface area (Å²) in [5.41, 5.74) is 5.85. The lowest BCUT2D eigenvalue weighted by atomic mass is 10.1. The molecule has 31 heavy (non-hydrogen) atoms. The largest absolute Gasteiger partial charge is 0.442 e. The first-order chi connectivity index (χ1) is 14.6. The lowest BCUT2D eigenvalue weighted by Gasteiger charge is -2.30. The highest BCUT2D eigenvalue weighted by molar-refractivity contribution is 5.90. The molecule has 166 valence electrons. The Bertz CT molecular complexity index is 912. The quantitative estimate of drug-likeness (QED) is 0.203. The summed E-state index contributed by atoms with van der Waals surface area (Å²) in [6.07, 6.45) is -0.655. The molecular formula is C22H28N4O5. The fourth-order valence-electron chi connectivity index (χ4n) is 2.71. The fraction of sp³-hybridized carbons (Fsp3) is 0.318. The van der Waals surface area contributed by atoms with Crippen molar-refractivity contribution >= 4 is 23.7 Å². The standard InChI is InChI=1S/C22H28N4O5/c1-22(2,3)31-21(28)26(29-4)18(13-15-9-6-5-7-10-15)19(27)30-17-12-8-11-16(14-17)25-20(23)24/h5-12,14,18H,13H2,1-4H3,(H4,23,24,25)/t18-/m0/s1. The molecule has 0 spiro atoms. The smallest absolute Gasteiger partial charge is 0.435 e. The molecule has 0 saturated carbocycles. The van der Waals surface area contributed by atoms with Gasteiger partial charge in [0.2, 0.25) is 0 Å². The summed E-state index contributed by atoms with van der Waals surface area (Å²) in [5.74, 6) is -0.744. The van der Waals surface area contributed by atoms with Crippen LogP contribution in [0.2, 0.25) is 0 Å². The topological polar surface area (TPSA) is 127 Å². The summed E-state index contributed by atoms with van der Waals surface area (Å²) in [6, 6.07) is 14.5. The van der Waals surface area contributed by atoms with E-state index >= 15 is 0 Å². The number of hydrogen-bond donors (Lipinski definition) is 3. The summed E-state index contributed by atoms with van der Waals surface area (Å²) < 4.78 is 10.9. The normalized spacial score (nSPS) is 11.9. The Kier molecular flexibility index (Phi) is 7.98. The first-order valence-corrected chi connectivity index (χ1v) is 9.62. The average molecular weight is 428 g/mol. The maximum atomic E-state index is 13.1. The second kappa shape index (κ2) is 10.4. The van der Waals surface area contributed by atoms with Crippen LogP contribution in [-0.2, 0) is 20.8 Å². The van der Waals surface area contributed by atoms with Crippen LogP contribution in [0.25, 0.3) is 0 Å². The minimum absolute atomic E-state index is 0.151. The number of carbonyl (C=O) groups excluding carboxylic acids is 2. The number of esters is 1. The molecule has 9 heteroatoms. The molecule has 0 fully saturated rings. The maximum Gasteiger partial charge on any atom is 0.435 e. The van der Waals surface area contributed by atoms with Gasteiger partial charge in [0, 0.05) is 18.2 Å². The fourth-order valence-corrected chi connectivity index (χ4v) is 2.71. The van der Waals surface area contributed by atoms with Gasteiger partial charge in [-0.05, 0) is 38.5 Å². The lowest BCUT2D eigenvalue weighted by molar-refractivity contribution is -0.173. The molecule has 0 heterocycles. The second-order valence-corrected chi connectivity index (χ2v) is 7.68. The van der Waals surface area contributed by atoms with Gasteiger partial charge in [0.25, 0.3) is 0 Å². The molecule has 0 aliphatic carbocycles. The zero-order chi connectivity index (χ0) is 23.0. The van der Waals surface area contributed by atoms with Crippen molar-refractivity contribution in [1.29, 1.82) is 5.41 Å². The first-order valence-electron chi connectivity index (χ1n) is 9.62. The number of hydrogen-bond acceptors (Lipinski definition) is 6. The highest BCUT2D eigenvalue weighted by atomic mass is 16.7. The summed E-state index contributed by atoms with van der Waals surface area (Å²) in [6.45, 7) is 5.16. The number of nitrogens with zero attached hydrogens (tertiary/aromatic N) is 1. The van der Waals surface area contributed by atoms with Gasteiger partial charge in [0.15, 0.2) is 12.0 Å². The highest BCUT2D eigenvalue weighted by Crippen LogP contribution is 2.21. The molecule has 0 aliphatic rings. The van der Waals surface area contributed by atoms with E-state index in [1.54, 1.807) is 39.0 Å². The molecule has 0 aromatic heterocycles. The first kappa shape index (κ1) is 23.7. The third kappa shape index (κ3) is 7.63. The number of carbonyl (C=O) groups is 2. The molecule has 0 unspecified atom stereocenters. The van der Waals surface area contributed by atoms with Crippen LogP contribution >= 0.6 is 0 Å². The number of guanidine groups is 1. The predicted octanol–water partition coefficient (Wildman–Crippen LogP) is 3.31. The van der Waals surface area contributed by atoms with Crippen molar-refractivity contribution in [2.24, 2.45) is 5.73 Å². The number of ether oxygens (including phenoxy) is 2. The van der Waals surface area contributed by atoms with E-state index in [0.717, 1.165) is 10.6 Å². The molecule has 2 aromatic carbocycles. The van der Waals surface area contributed by atoms with E-state index < -0.39 is 23.7 Å². The van der Waals surface area contributed by atoms with E-state index in [2.05, 4.69) is 5.32 Å². The molecule has 9 nitrogen and oxygen atoms in total. The van der Waals surface area contributed by atoms with Crippen LogP contribution < -0.4 is 15.8 Å². The van der Waals surface area contributed by atoms with E-state index in [4.69, 9.17) is 25.5 Å². The van der Waals surface area contributed by atoms with E-state index in [9.17, 15) is 9.59 Å². The molecule has 2 rings (SSSR count). The van der Waals surface area contributed by atoms with Crippen LogP contribution in [0.3, 0.4) is 0 Å². The average Bonchev–Trinajstić information content (AvgIpc) is 2.67. The predicted molar refractivity (Wildman–Crippen MR) is 117 cm³/mol. The van der Waals surface area contributed by atoms with Gasteiger partial charge in [-0.25, -0.2) is 9.59 Å². The Morgan fingerprint density at radius 1 is 1.13 bits per heavy atom. The monoisotopic (exact) mass is 428 g/mol. The third-order valence-corrected chi connectivity index (χ3v) is 3.93. The second-order valence-electron chi connectivity index (χ2n) is 7.68. The molecule has 4 N–H and O–H groups in total. The van der Waals surface area contributed by atoms with Gasteiger partial charge in [-0.2, -0.15) is 5.06 Å². The molecule has 0 aliphatic heterocycles. The van der Waals surface area contributed by atoms with Gasteiger partial charge < -0.3 is 20.5 Å². The van der Waals surface area contributed by atoms with Crippen LogP contribution in [0.1, 0.15) is 26.3 Å². The number of nitrogens with two attached hydrogens (primary N) is 1. The molecule has 0 bridgehead atoms. The summed E-state index contributed by atoms with van der Waals surface area (Å²) in [5, 5.41) is 10.8. The van der Waals surface area contributed by atoms with Gasteiger partial charge in [0.05, 0.1) is 7.11 Å². The van der Waals surface area contributed by atoms with E-state index in [1.165, 1.54) is 13.2 Å². The van der Waals surface area contributed by atoms with Crippen LogP contribution in [0, 0.1) is 5.41 Å². The number of rotatable bonds is 7. The summed E-state index contributed by atoms with van der Waals surface area (Å²) in [7, 11) is 1.28. The maximum absolute atomic E-state index is 13.1. The SMILES string of the molecule is CON(C(=O)OC(C)(C)C)[C@@H](Cc1ccccc1)C(=O)Oc1cccc(NC(=N)N)c1. The minimum Gasteiger partial charge on any atom is -0.442 e. The summed E-state index contributed by atoms with van der Waals surface area (Å²) >= 11 is 0. The number of nitrogens with one attached hydrogen (secondary N) is 2. The third-order valence-electron chi connectivity index (χ3n) is 3.93. The van der Waals surface area contributed by atoms with Crippen molar-refractivity contribution < 1.29 is 23.9 Å². The van der Waals surface area contributed by atoms with Gasteiger partial charge in [0.1, 0.15) is 11.4 Å². The van der Waals surface area contributed by atoms with Crippen LogP contribution in [0.5, 0.6) is 5.75 Å². The molecular weight excluding hydrogens is 400 g/mol. The zero-order valence-electron chi connectivity index (χ0n) is 18.0. The van der Waals surface area contributed by atoms with E-state index in [0.29, 0.717) is 5.69 Å². The summed E-state index contributed by atoms with van der Waals surface area (Å²) in [4.78, 5) is 31.0. The number of hydroxylamine groups is 2. The number of amides is 1. The van der Waals surface area contributed by atoms with Crippen molar-refractivity contribution in [1.82, 2.24) is 5.06 Å². The molecule has 2 aromatic rings. The van der Waals surface area contributed by atoms with Gasteiger partial charge in [-0.15, -0.1) is 0 Å². The van der Waals surface area contributed by atoms with Crippen LogP contribution in [0.4, 0.5) is 10.5 Å². The van der Waals surface area contributed by atoms with Gasteiger partial charge >= 0.3 is 12.1 Å². The highest BCUT2D eigenvalue weighted by Gasteiger charge is 2.35. The van der Waals surface area contributed by atoms with Gasteiger partial charge in [-0.1, -0.05) is 36.4 Å². The zero-order valence-corrected chi connectivity index (χ0v) is 18.0. The van der Waals surface area contributed by atoms with Crippen molar-refractivity contribution in [3.05, 3.63) is 60.2 Å². The Hall–Kier alpha value is -3.59. The Balaban J connectivity index is 2.29. The van der Waals surface area contributed by atoms with Crippen molar-refractivity contribution in [3.63, 3.8) is 0 Å².